The van der Waals surface area contributed by atoms with Crippen molar-refractivity contribution >= 4 is 12.0 Å². The average molecular weight is 269 g/mol. The Hall–Kier alpha value is -1.30. The summed E-state index contributed by atoms with van der Waals surface area (Å²) in [5.74, 6) is -0.789. The maximum atomic E-state index is 12.0. The van der Waals surface area contributed by atoms with Crippen LogP contribution in [0.1, 0.15) is 26.2 Å². The van der Waals surface area contributed by atoms with Gasteiger partial charge in [0, 0.05) is 26.2 Å². The minimum Gasteiger partial charge on any atom is -0.480 e. The summed E-state index contributed by atoms with van der Waals surface area (Å²) in [4.78, 5) is 27.2. The van der Waals surface area contributed by atoms with Gasteiger partial charge in [-0.05, 0) is 31.7 Å². The summed E-state index contributed by atoms with van der Waals surface area (Å²) >= 11 is 0. The molecule has 19 heavy (non-hydrogen) atoms. The molecule has 108 valence electrons. The first-order chi connectivity index (χ1) is 9.11. The summed E-state index contributed by atoms with van der Waals surface area (Å²) in [5, 5.41) is 11.8. The number of piperazine rings is 1. The van der Waals surface area contributed by atoms with Crippen LogP contribution in [0.25, 0.3) is 0 Å². The highest BCUT2D eigenvalue weighted by atomic mass is 16.4. The molecule has 1 unspecified atom stereocenters. The van der Waals surface area contributed by atoms with Crippen molar-refractivity contribution in [3.63, 3.8) is 0 Å². The predicted molar refractivity (Wildman–Crippen MR) is 71.0 cm³/mol. The first kappa shape index (κ1) is 14.1. The number of carboxylic acid groups (broad SMARTS) is 1. The molecule has 1 saturated heterocycles. The monoisotopic (exact) mass is 269 g/mol. The number of carbonyl (C=O) groups excluding carboxylic acids is 1. The number of carbonyl (C=O) groups is 2. The van der Waals surface area contributed by atoms with Crippen molar-refractivity contribution in [3.8, 4) is 0 Å². The van der Waals surface area contributed by atoms with Crippen LogP contribution in [0.15, 0.2) is 0 Å². The van der Waals surface area contributed by atoms with Gasteiger partial charge >= 0.3 is 12.0 Å². The van der Waals surface area contributed by atoms with E-state index in [2.05, 4.69) is 17.1 Å². The molecule has 0 aromatic carbocycles. The maximum absolute atomic E-state index is 12.0. The Kier molecular flexibility index (Phi) is 4.63. The first-order valence-electron chi connectivity index (χ1n) is 7.12. The average Bonchev–Trinajstić information content (AvgIpc) is 3.21. The van der Waals surface area contributed by atoms with E-state index in [0.29, 0.717) is 13.1 Å². The van der Waals surface area contributed by atoms with Gasteiger partial charge in [-0.3, -0.25) is 4.90 Å². The summed E-state index contributed by atoms with van der Waals surface area (Å²) in [6.45, 7) is 6.33. The topological polar surface area (TPSA) is 72.9 Å². The molecule has 2 N–H and O–H groups in total. The van der Waals surface area contributed by atoms with Gasteiger partial charge in [0.2, 0.25) is 0 Å². The summed E-state index contributed by atoms with van der Waals surface area (Å²) in [5.41, 5.74) is 0. The molecule has 0 spiro atoms. The molecule has 6 nitrogen and oxygen atoms in total. The lowest BCUT2D eigenvalue weighted by atomic mass is 10.2. The van der Waals surface area contributed by atoms with Gasteiger partial charge in [0.1, 0.15) is 6.04 Å². The van der Waals surface area contributed by atoms with E-state index in [1.807, 2.05) is 0 Å². The van der Waals surface area contributed by atoms with Crippen LogP contribution in [0.4, 0.5) is 4.79 Å². The molecule has 1 aliphatic carbocycles. The molecule has 1 heterocycles. The molecule has 1 saturated carbocycles. The Morgan fingerprint density at radius 2 is 1.89 bits per heavy atom. The fraction of sp³-hybridized carbons (Fsp3) is 0.846. The van der Waals surface area contributed by atoms with Crippen LogP contribution in [-0.2, 0) is 4.79 Å². The second-order valence-corrected chi connectivity index (χ2v) is 5.43. The SMILES string of the molecule is CCCN1CCN(C(=O)NC(C(=O)O)C2CC2)CC1. The summed E-state index contributed by atoms with van der Waals surface area (Å²) in [7, 11) is 0. The van der Waals surface area contributed by atoms with Crippen molar-refractivity contribution in [2.75, 3.05) is 32.7 Å². The molecule has 6 heteroatoms. The molecule has 0 aromatic heterocycles. The zero-order valence-electron chi connectivity index (χ0n) is 11.5. The summed E-state index contributed by atoms with van der Waals surface area (Å²) < 4.78 is 0. The van der Waals surface area contributed by atoms with Crippen LogP contribution >= 0.6 is 0 Å². The van der Waals surface area contributed by atoms with Gasteiger partial charge in [-0.2, -0.15) is 0 Å². The van der Waals surface area contributed by atoms with E-state index in [1.165, 1.54) is 0 Å². The minimum absolute atomic E-state index is 0.128. The number of urea groups is 1. The third kappa shape index (κ3) is 3.83. The Labute approximate surface area is 113 Å². The highest BCUT2D eigenvalue weighted by Gasteiger charge is 2.38. The second kappa shape index (κ2) is 6.23. The van der Waals surface area contributed by atoms with E-state index in [1.54, 1.807) is 4.90 Å². The van der Waals surface area contributed by atoms with Gasteiger partial charge in [-0.15, -0.1) is 0 Å². The Morgan fingerprint density at radius 1 is 1.26 bits per heavy atom. The highest BCUT2D eigenvalue weighted by molar-refractivity contribution is 5.83. The van der Waals surface area contributed by atoms with E-state index in [4.69, 9.17) is 5.11 Å². The van der Waals surface area contributed by atoms with Crippen molar-refractivity contribution in [1.29, 1.82) is 0 Å². The molecule has 1 atom stereocenters. The van der Waals surface area contributed by atoms with Crippen molar-refractivity contribution in [1.82, 2.24) is 15.1 Å². The molecule has 2 fully saturated rings. The highest BCUT2D eigenvalue weighted by Crippen LogP contribution is 2.32. The zero-order valence-corrected chi connectivity index (χ0v) is 11.5. The molecule has 2 aliphatic rings. The van der Waals surface area contributed by atoms with Gasteiger partial charge < -0.3 is 15.3 Å². The molecule has 0 bridgehead atoms. The van der Waals surface area contributed by atoms with E-state index in [-0.39, 0.29) is 11.9 Å². The second-order valence-electron chi connectivity index (χ2n) is 5.43. The van der Waals surface area contributed by atoms with Crippen LogP contribution in [0, 0.1) is 5.92 Å². The van der Waals surface area contributed by atoms with E-state index in [9.17, 15) is 9.59 Å². The number of aliphatic carboxylic acids is 1. The quantitative estimate of drug-likeness (QED) is 0.766. The van der Waals surface area contributed by atoms with Crippen molar-refractivity contribution in [2.45, 2.75) is 32.2 Å². The van der Waals surface area contributed by atoms with Crippen molar-refractivity contribution in [2.24, 2.45) is 5.92 Å². The molecule has 0 aromatic rings. The van der Waals surface area contributed by atoms with E-state index in [0.717, 1.165) is 38.9 Å². The van der Waals surface area contributed by atoms with Crippen LogP contribution in [0.2, 0.25) is 0 Å². The lowest BCUT2D eigenvalue weighted by Crippen LogP contribution is -2.55. The number of nitrogens with one attached hydrogen (secondary N) is 1. The van der Waals surface area contributed by atoms with Crippen LogP contribution in [-0.4, -0.2) is 65.7 Å². The molecule has 0 radical (unpaired) electrons. The standard InChI is InChI=1S/C13H23N3O3/c1-2-5-15-6-8-16(9-7-15)13(19)14-11(12(17)18)10-3-4-10/h10-11H,2-9H2,1H3,(H,14,19)(H,17,18). The van der Waals surface area contributed by atoms with Crippen molar-refractivity contribution in [3.05, 3.63) is 0 Å². The molecule has 1 aliphatic heterocycles. The Morgan fingerprint density at radius 3 is 2.37 bits per heavy atom. The van der Waals surface area contributed by atoms with Gasteiger partial charge in [-0.25, -0.2) is 9.59 Å². The molecular formula is C13H23N3O3. The number of amides is 2. The van der Waals surface area contributed by atoms with E-state index >= 15 is 0 Å². The fourth-order valence-electron chi connectivity index (χ4n) is 2.53. The largest absolute Gasteiger partial charge is 0.480 e. The van der Waals surface area contributed by atoms with Crippen LogP contribution < -0.4 is 5.32 Å². The minimum atomic E-state index is -0.916. The molecule has 2 rings (SSSR count). The normalized spacial score (nSPS) is 22.1. The number of nitrogens with zero attached hydrogens (tertiary/aromatic N) is 2. The third-order valence-electron chi connectivity index (χ3n) is 3.84. The predicted octanol–water partition coefficient (Wildman–Crippen LogP) is 0.587. The number of hydrogen-bond donors (Lipinski definition) is 2. The smallest absolute Gasteiger partial charge is 0.326 e. The molecular weight excluding hydrogens is 246 g/mol. The first-order valence-corrected chi connectivity index (χ1v) is 7.12. The molecule has 2 amide bonds. The van der Waals surface area contributed by atoms with Crippen LogP contribution in [0.5, 0.6) is 0 Å². The summed E-state index contributed by atoms with van der Waals surface area (Å²) in [6.07, 6.45) is 2.93. The number of carboxylic acids is 1. The van der Waals surface area contributed by atoms with Gasteiger partial charge in [-0.1, -0.05) is 6.92 Å². The lowest BCUT2D eigenvalue weighted by Gasteiger charge is -2.35. The van der Waals surface area contributed by atoms with Gasteiger partial charge in [0.05, 0.1) is 0 Å². The fourth-order valence-corrected chi connectivity index (χ4v) is 2.53. The van der Waals surface area contributed by atoms with Gasteiger partial charge in [0.15, 0.2) is 0 Å². The van der Waals surface area contributed by atoms with Gasteiger partial charge in [0.25, 0.3) is 0 Å². The summed E-state index contributed by atoms with van der Waals surface area (Å²) in [6, 6.07) is -0.934. The lowest BCUT2D eigenvalue weighted by molar-refractivity contribution is -0.139. The number of hydrogen-bond acceptors (Lipinski definition) is 3. The maximum Gasteiger partial charge on any atom is 0.326 e. The van der Waals surface area contributed by atoms with Crippen LogP contribution in [0.3, 0.4) is 0 Å². The zero-order chi connectivity index (χ0) is 13.8. The third-order valence-corrected chi connectivity index (χ3v) is 3.84. The Bertz CT molecular complexity index is 336. The number of rotatable bonds is 5. The van der Waals surface area contributed by atoms with Crippen molar-refractivity contribution < 1.29 is 14.7 Å². The Balaban J connectivity index is 1.79. The van der Waals surface area contributed by atoms with E-state index < -0.39 is 12.0 Å².